The van der Waals surface area contributed by atoms with E-state index >= 15 is 0 Å². The number of carbonyl (C=O) groups excluding carboxylic acids is 1. The van der Waals surface area contributed by atoms with Crippen LogP contribution in [0.1, 0.15) is 25.1 Å². The summed E-state index contributed by atoms with van der Waals surface area (Å²) in [6.45, 7) is 5.64. The second-order valence-electron chi connectivity index (χ2n) is 10.1. The van der Waals surface area contributed by atoms with Gasteiger partial charge in [0.05, 0.1) is 22.5 Å². The quantitative estimate of drug-likeness (QED) is 0.332. The molecular weight excluding hydrogens is 636 g/mol. The summed E-state index contributed by atoms with van der Waals surface area (Å²) >= 11 is 6.04. The standard InChI is InChI=1S/C25H29ClF3N7O2.C2HF3O2/c1-5-18-22(35-9-8-30-11-14(35)2)23(38)21-24(31-12-19(33-21)34(3)4)36(18)13-20(37)32-17-7-6-15(10-16(17)26)25(27,28)29;3-2(4,5)1(6)7/h6-7,10,12,14,30H,5,8-9,11,13H2,1-4H3,(H,32,37);(H,6,7). The summed E-state index contributed by atoms with van der Waals surface area (Å²) in [4.78, 5) is 48.7. The van der Waals surface area contributed by atoms with Gasteiger partial charge >= 0.3 is 18.3 Å². The minimum atomic E-state index is -5.08. The Morgan fingerprint density at radius 2 is 1.84 bits per heavy atom. The molecule has 3 N–H and O–H groups in total. The molecule has 2 aromatic heterocycles. The monoisotopic (exact) mass is 665 g/mol. The van der Waals surface area contributed by atoms with E-state index in [-0.39, 0.29) is 39.9 Å². The Balaban J connectivity index is 0.000000707. The number of carbonyl (C=O) groups is 2. The van der Waals surface area contributed by atoms with E-state index in [4.69, 9.17) is 21.5 Å². The molecule has 246 valence electrons. The van der Waals surface area contributed by atoms with Gasteiger partial charge in [0.25, 0.3) is 0 Å². The Morgan fingerprint density at radius 1 is 1.20 bits per heavy atom. The van der Waals surface area contributed by atoms with Gasteiger partial charge in [-0.2, -0.15) is 26.3 Å². The molecule has 11 nitrogen and oxygen atoms in total. The Hall–Kier alpha value is -4.12. The zero-order valence-corrected chi connectivity index (χ0v) is 25.2. The van der Waals surface area contributed by atoms with Crippen molar-refractivity contribution < 1.29 is 41.0 Å². The van der Waals surface area contributed by atoms with Gasteiger partial charge in [-0.15, -0.1) is 0 Å². The molecule has 18 heteroatoms. The van der Waals surface area contributed by atoms with Gasteiger partial charge in [0, 0.05) is 45.5 Å². The number of pyridine rings is 1. The van der Waals surface area contributed by atoms with Crippen molar-refractivity contribution in [1.82, 2.24) is 19.9 Å². The molecule has 1 unspecified atom stereocenters. The van der Waals surface area contributed by atoms with Crippen LogP contribution in [0.15, 0.2) is 29.2 Å². The van der Waals surface area contributed by atoms with Gasteiger partial charge in [-0.3, -0.25) is 9.59 Å². The zero-order valence-electron chi connectivity index (χ0n) is 24.5. The van der Waals surface area contributed by atoms with Crippen molar-refractivity contribution in [3.05, 3.63) is 50.9 Å². The first kappa shape index (κ1) is 35.4. The second kappa shape index (κ2) is 13.9. The topological polar surface area (TPSA) is 133 Å². The number of nitrogens with zero attached hydrogens (tertiary/aromatic N) is 5. The second-order valence-corrected chi connectivity index (χ2v) is 10.6. The van der Waals surface area contributed by atoms with Gasteiger partial charge in [-0.1, -0.05) is 18.5 Å². The molecular formula is C27H30ClF6N7O4. The molecule has 0 aliphatic carbocycles. The SMILES string of the molecule is CCc1c(N2CCNCC2C)c(=O)c2nc(N(C)C)cnc2n1CC(=O)Nc1ccc(C(F)(F)F)cc1Cl.O=C(O)C(F)(F)F. The first-order chi connectivity index (χ1) is 20.9. The van der Waals surface area contributed by atoms with Crippen molar-refractivity contribution in [3.8, 4) is 0 Å². The number of rotatable bonds is 6. The predicted octanol–water partition coefficient (Wildman–Crippen LogP) is 4.16. The van der Waals surface area contributed by atoms with Gasteiger partial charge in [0.2, 0.25) is 11.3 Å². The fraction of sp³-hybridized carbons (Fsp3) is 0.444. The fourth-order valence-corrected chi connectivity index (χ4v) is 4.79. The number of aromatic nitrogens is 3. The van der Waals surface area contributed by atoms with Crippen LogP contribution in [-0.2, 0) is 28.7 Å². The summed E-state index contributed by atoms with van der Waals surface area (Å²) < 4.78 is 72.4. The van der Waals surface area contributed by atoms with Crippen LogP contribution in [0.3, 0.4) is 0 Å². The van der Waals surface area contributed by atoms with E-state index < -0.39 is 29.8 Å². The van der Waals surface area contributed by atoms with Crippen molar-refractivity contribution in [3.63, 3.8) is 0 Å². The number of benzene rings is 1. The molecule has 45 heavy (non-hydrogen) atoms. The van der Waals surface area contributed by atoms with Gasteiger partial charge < -0.3 is 30.1 Å². The lowest BCUT2D eigenvalue weighted by Crippen LogP contribution is -2.52. The Labute approximate surface area is 257 Å². The minimum Gasteiger partial charge on any atom is -0.475 e. The van der Waals surface area contributed by atoms with Crippen molar-refractivity contribution in [1.29, 1.82) is 0 Å². The van der Waals surface area contributed by atoms with E-state index in [2.05, 4.69) is 20.6 Å². The molecule has 1 amide bonds. The summed E-state index contributed by atoms with van der Waals surface area (Å²) in [6, 6.07) is 2.76. The van der Waals surface area contributed by atoms with E-state index in [9.17, 15) is 35.9 Å². The highest BCUT2D eigenvalue weighted by atomic mass is 35.5. The van der Waals surface area contributed by atoms with Crippen molar-refractivity contribution >= 4 is 51.8 Å². The molecule has 1 fully saturated rings. The normalized spacial score (nSPS) is 15.4. The van der Waals surface area contributed by atoms with Crippen LogP contribution < -0.4 is 25.9 Å². The number of fused-ring (bicyclic) bond motifs is 1. The summed E-state index contributed by atoms with van der Waals surface area (Å²) in [5.41, 5.74) is 0.347. The van der Waals surface area contributed by atoms with E-state index in [1.807, 2.05) is 18.7 Å². The average molecular weight is 666 g/mol. The maximum atomic E-state index is 13.8. The predicted molar refractivity (Wildman–Crippen MR) is 156 cm³/mol. The number of nitrogens with one attached hydrogen (secondary N) is 2. The molecule has 1 aliphatic heterocycles. The van der Waals surface area contributed by atoms with Gasteiger partial charge in [-0.25, -0.2) is 14.8 Å². The molecule has 3 aromatic rings. The minimum absolute atomic E-state index is 0.0254. The van der Waals surface area contributed by atoms with E-state index in [0.29, 0.717) is 43.3 Å². The maximum Gasteiger partial charge on any atom is 0.490 e. The number of carboxylic acid groups (broad SMARTS) is 1. The number of aliphatic carboxylic acids is 1. The van der Waals surface area contributed by atoms with Crippen molar-refractivity contribution in [2.24, 2.45) is 0 Å². The number of amides is 1. The van der Waals surface area contributed by atoms with Crippen LogP contribution in [0.5, 0.6) is 0 Å². The molecule has 1 aromatic carbocycles. The van der Waals surface area contributed by atoms with Crippen LogP contribution >= 0.6 is 11.6 Å². The average Bonchev–Trinajstić information content (AvgIpc) is 2.95. The number of halogens is 7. The van der Waals surface area contributed by atoms with Gasteiger partial charge in [0.1, 0.15) is 18.1 Å². The Kier molecular flexibility index (Phi) is 10.9. The van der Waals surface area contributed by atoms with E-state index in [1.165, 1.54) is 6.20 Å². The number of anilines is 3. The van der Waals surface area contributed by atoms with E-state index in [0.717, 1.165) is 18.2 Å². The lowest BCUT2D eigenvalue weighted by atomic mass is 10.1. The van der Waals surface area contributed by atoms with Crippen LogP contribution in [0.25, 0.3) is 11.2 Å². The lowest BCUT2D eigenvalue weighted by molar-refractivity contribution is -0.192. The Morgan fingerprint density at radius 3 is 2.36 bits per heavy atom. The molecule has 0 spiro atoms. The first-order valence-corrected chi connectivity index (χ1v) is 13.8. The smallest absolute Gasteiger partial charge is 0.475 e. The third-order valence-electron chi connectivity index (χ3n) is 6.72. The van der Waals surface area contributed by atoms with Crippen LogP contribution in [-0.4, -0.2) is 77.5 Å². The summed E-state index contributed by atoms with van der Waals surface area (Å²) in [5.74, 6) is -2.80. The largest absolute Gasteiger partial charge is 0.490 e. The number of alkyl halides is 6. The van der Waals surface area contributed by atoms with Gasteiger partial charge in [-0.05, 0) is 31.5 Å². The molecule has 1 atom stereocenters. The third-order valence-corrected chi connectivity index (χ3v) is 7.03. The maximum absolute atomic E-state index is 13.8. The molecule has 3 heterocycles. The molecule has 0 saturated carbocycles. The van der Waals surface area contributed by atoms with Crippen molar-refractivity contribution in [2.45, 2.75) is 45.2 Å². The zero-order chi connectivity index (χ0) is 33.9. The molecule has 4 rings (SSSR count). The van der Waals surface area contributed by atoms with Crippen LogP contribution in [0.2, 0.25) is 5.02 Å². The molecule has 1 aliphatic rings. The van der Waals surface area contributed by atoms with Crippen molar-refractivity contribution in [2.75, 3.05) is 48.8 Å². The first-order valence-electron chi connectivity index (χ1n) is 13.4. The van der Waals surface area contributed by atoms with Gasteiger partial charge in [0.15, 0.2) is 11.2 Å². The summed E-state index contributed by atoms with van der Waals surface area (Å²) in [7, 11) is 3.57. The van der Waals surface area contributed by atoms with E-state index in [1.54, 1.807) is 23.6 Å². The van der Waals surface area contributed by atoms with Crippen LogP contribution in [0.4, 0.5) is 43.5 Å². The lowest BCUT2D eigenvalue weighted by Gasteiger charge is -2.37. The number of piperazine rings is 1. The highest BCUT2D eigenvalue weighted by molar-refractivity contribution is 6.33. The highest BCUT2D eigenvalue weighted by Crippen LogP contribution is 2.34. The Bertz CT molecular complexity index is 1630. The number of hydrogen-bond donors (Lipinski definition) is 3. The third kappa shape index (κ3) is 8.33. The fourth-order valence-electron chi connectivity index (χ4n) is 4.56. The molecule has 1 saturated heterocycles. The molecule has 0 bridgehead atoms. The number of hydrogen-bond acceptors (Lipinski definition) is 8. The summed E-state index contributed by atoms with van der Waals surface area (Å²) in [5, 5.41) is 12.8. The number of carboxylic acids is 1. The summed E-state index contributed by atoms with van der Waals surface area (Å²) in [6.07, 6.45) is -7.68. The molecule has 0 radical (unpaired) electrons. The van der Waals surface area contributed by atoms with Crippen LogP contribution in [0, 0.1) is 0 Å². The highest BCUT2D eigenvalue weighted by Gasteiger charge is 2.38.